The van der Waals surface area contributed by atoms with Gasteiger partial charge in [-0.3, -0.25) is 9.59 Å². The van der Waals surface area contributed by atoms with Crippen LogP contribution in [-0.2, 0) is 11.2 Å². The average Bonchev–Trinajstić information content (AvgIpc) is 2.89. The van der Waals surface area contributed by atoms with Crippen molar-refractivity contribution < 1.29 is 14.7 Å². The molecule has 2 N–H and O–H groups in total. The van der Waals surface area contributed by atoms with Gasteiger partial charge >= 0.3 is 0 Å². The third-order valence-electron chi connectivity index (χ3n) is 3.46. The number of amides is 2. The van der Waals surface area contributed by atoms with Crippen LogP contribution in [0.2, 0.25) is 0 Å². The lowest BCUT2D eigenvalue weighted by molar-refractivity contribution is -0.118. The standard InChI is InChI=1S/C15H20N2O3/c1-2-14(19)17-8-6-11-10-12(4-5-13(11)17)15(20)16-7-3-9-18/h4-5,10,18H,2-3,6-9H2,1H3,(H,16,20). The maximum atomic E-state index is 11.9. The normalized spacial score (nSPS) is 13.2. The summed E-state index contributed by atoms with van der Waals surface area (Å²) in [5.41, 5.74) is 2.57. The van der Waals surface area contributed by atoms with E-state index in [1.165, 1.54) is 0 Å². The van der Waals surface area contributed by atoms with Crippen molar-refractivity contribution in [1.82, 2.24) is 5.32 Å². The SMILES string of the molecule is CCC(=O)N1CCc2cc(C(=O)NCCCO)ccc21. The number of aliphatic hydroxyl groups excluding tert-OH is 1. The van der Waals surface area contributed by atoms with Crippen LogP contribution in [0.15, 0.2) is 18.2 Å². The van der Waals surface area contributed by atoms with E-state index in [2.05, 4.69) is 5.32 Å². The van der Waals surface area contributed by atoms with Gasteiger partial charge in [-0.1, -0.05) is 6.92 Å². The van der Waals surface area contributed by atoms with Gasteiger partial charge in [-0.2, -0.15) is 0 Å². The number of rotatable bonds is 5. The molecule has 2 rings (SSSR count). The second-order valence-corrected chi connectivity index (χ2v) is 4.83. The highest BCUT2D eigenvalue weighted by molar-refractivity contribution is 5.98. The van der Waals surface area contributed by atoms with Crippen molar-refractivity contribution in [2.24, 2.45) is 0 Å². The minimum absolute atomic E-state index is 0.0680. The Hall–Kier alpha value is -1.88. The Morgan fingerprint density at radius 3 is 2.90 bits per heavy atom. The van der Waals surface area contributed by atoms with Gasteiger partial charge in [0.1, 0.15) is 0 Å². The summed E-state index contributed by atoms with van der Waals surface area (Å²) >= 11 is 0. The lowest BCUT2D eigenvalue weighted by Gasteiger charge is -2.16. The van der Waals surface area contributed by atoms with Gasteiger partial charge in [-0.05, 0) is 36.6 Å². The van der Waals surface area contributed by atoms with Gasteiger partial charge in [-0.25, -0.2) is 0 Å². The molecule has 0 unspecified atom stereocenters. The zero-order valence-corrected chi connectivity index (χ0v) is 11.7. The molecule has 1 aliphatic rings. The molecule has 0 aromatic heterocycles. The van der Waals surface area contributed by atoms with E-state index in [0.717, 1.165) is 17.7 Å². The largest absolute Gasteiger partial charge is 0.396 e. The molecule has 108 valence electrons. The highest BCUT2D eigenvalue weighted by Gasteiger charge is 2.24. The lowest BCUT2D eigenvalue weighted by atomic mass is 10.1. The zero-order valence-electron chi connectivity index (χ0n) is 11.7. The summed E-state index contributed by atoms with van der Waals surface area (Å²) in [6, 6.07) is 5.44. The molecule has 0 radical (unpaired) electrons. The number of nitrogens with zero attached hydrogens (tertiary/aromatic N) is 1. The number of nitrogens with one attached hydrogen (secondary N) is 1. The number of carbonyl (C=O) groups is 2. The average molecular weight is 276 g/mol. The molecular formula is C15H20N2O3. The minimum Gasteiger partial charge on any atom is -0.396 e. The minimum atomic E-state index is -0.137. The van der Waals surface area contributed by atoms with Crippen molar-refractivity contribution >= 4 is 17.5 Å². The van der Waals surface area contributed by atoms with E-state index >= 15 is 0 Å². The van der Waals surface area contributed by atoms with Crippen molar-refractivity contribution in [3.63, 3.8) is 0 Å². The molecule has 0 saturated heterocycles. The first kappa shape index (κ1) is 14.5. The number of anilines is 1. The number of fused-ring (bicyclic) bond motifs is 1. The Bertz CT molecular complexity index is 514. The molecule has 20 heavy (non-hydrogen) atoms. The van der Waals surface area contributed by atoms with Crippen molar-refractivity contribution in [2.75, 3.05) is 24.6 Å². The number of hydrogen-bond acceptors (Lipinski definition) is 3. The number of aliphatic hydroxyl groups is 1. The Morgan fingerprint density at radius 2 is 2.20 bits per heavy atom. The number of carbonyl (C=O) groups excluding carboxylic acids is 2. The predicted octanol–water partition coefficient (Wildman–Crippen LogP) is 1.10. The van der Waals surface area contributed by atoms with E-state index in [0.29, 0.717) is 31.5 Å². The van der Waals surface area contributed by atoms with Crippen LogP contribution in [0.1, 0.15) is 35.7 Å². The highest BCUT2D eigenvalue weighted by Crippen LogP contribution is 2.29. The number of hydrogen-bond donors (Lipinski definition) is 2. The maximum absolute atomic E-state index is 11.9. The molecular weight excluding hydrogens is 256 g/mol. The Balaban J connectivity index is 2.10. The quantitative estimate of drug-likeness (QED) is 0.791. The van der Waals surface area contributed by atoms with Gasteiger partial charge in [0, 0.05) is 37.4 Å². The van der Waals surface area contributed by atoms with Crippen LogP contribution >= 0.6 is 0 Å². The van der Waals surface area contributed by atoms with Crippen molar-refractivity contribution in [3.05, 3.63) is 29.3 Å². The van der Waals surface area contributed by atoms with Gasteiger partial charge in [-0.15, -0.1) is 0 Å². The maximum Gasteiger partial charge on any atom is 0.251 e. The smallest absolute Gasteiger partial charge is 0.251 e. The van der Waals surface area contributed by atoms with E-state index in [-0.39, 0.29) is 18.4 Å². The second-order valence-electron chi connectivity index (χ2n) is 4.83. The molecule has 0 fully saturated rings. The molecule has 0 spiro atoms. The third-order valence-corrected chi connectivity index (χ3v) is 3.46. The van der Waals surface area contributed by atoms with Crippen molar-refractivity contribution in [1.29, 1.82) is 0 Å². The molecule has 0 atom stereocenters. The highest BCUT2D eigenvalue weighted by atomic mass is 16.3. The molecule has 1 aliphatic heterocycles. The van der Waals surface area contributed by atoms with Crippen LogP contribution in [0.4, 0.5) is 5.69 Å². The Morgan fingerprint density at radius 1 is 1.40 bits per heavy atom. The molecule has 0 saturated carbocycles. The summed E-state index contributed by atoms with van der Waals surface area (Å²) in [5, 5.41) is 11.4. The first-order chi connectivity index (χ1) is 9.67. The Kier molecular flexibility index (Phi) is 4.74. The fraction of sp³-hybridized carbons (Fsp3) is 0.467. The van der Waals surface area contributed by atoms with E-state index in [9.17, 15) is 9.59 Å². The van der Waals surface area contributed by atoms with Gasteiger partial charge < -0.3 is 15.3 Å². The molecule has 1 heterocycles. The first-order valence-electron chi connectivity index (χ1n) is 6.99. The van der Waals surface area contributed by atoms with E-state index < -0.39 is 0 Å². The topological polar surface area (TPSA) is 69.6 Å². The van der Waals surface area contributed by atoms with Crippen molar-refractivity contribution in [3.8, 4) is 0 Å². The van der Waals surface area contributed by atoms with Crippen LogP contribution < -0.4 is 10.2 Å². The molecule has 5 heteroatoms. The van der Waals surface area contributed by atoms with E-state index in [1.807, 2.05) is 19.1 Å². The Labute approximate surface area is 118 Å². The summed E-state index contributed by atoms with van der Waals surface area (Å²) < 4.78 is 0. The lowest BCUT2D eigenvalue weighted by Crippen LogP contribution is -2.28. The van der Waals surface area contributed by atoms with Gasteiger partial charge in [0.05, 0.1) is 0 Å². The van der Waals surface area contributed by atoms with E-state index in [4.69, 9.17) is 5.11 Å². The van der Waals surface area contributed by atoms with Crippen LogP contribution in [0.25, 0.3) is 0 Å². The monoisotopic (exact) mass is 276 g/mol. The summed E-state index contributed by atoms with van der Waals surface area (Å²) in [6.45, 7) is 3.08. The zero-order chi connectivity index (χ0) is 14.5. The summed E-state index contributed by atoms with van der Waals surface area (Å²) in [6.07, 6.45) is 1.83. The molecule has 0 aliphatic carbocycles. The summed E-state index contributed by atoms with van der Waals surface area (Å²) in [7, 11) is 0. The summed E-state index contributed by atoms with van der Waals surface area (Å²) in [4.78, 5) is 25.5. The fourth-order valence-electron chi connectivity index (χ4n) is 2.38. The molecule has 0 bridgehead atoms. The van der Waals surface area contributed by atoms with Crippen LogP contribution in [0.3, 0.4) is 0 Å². The fourth-order valence-corrected chi connectivity index (χ4v) is 2.38. The van der Waals surface area contributed by atoms with Gasteiger partial charge in [0.25, 0.3) is 5.91 Å². The predicted molar refractivity (Wildman–Crippen MR) is 76.8 cm³/mol. The van der Waals surface area contributed by atoms with Gasteiger partial charge in [0.2, 0.25) is 5.91 Å². The van der Waals surface area contributed by atoms with E-state index in [1.54, 1.807) is 11.0 Å². The van der Waals surface area contributed by atoms with Gasteiger partial charge in [0.15, 0.2) is 0 Å². The molecule has 1 aromatic carbocycles. The second kappa shape index (κ2) is 6.52. The third kappa shape index (κ3) is 2.99. The van der Waals surface area contributed by atoms with Crippen molar-refractivity contribution in [2.45, 2.75) is 26.2 Å². The molecule has 5 nitrogen and oxygen atoms in total. The van der Waals surface area contributed by atoms with Crippen LogP contribution in [0, 0.1) is 0 Å². The number of benzene rings is 1. The van der Waals surface area contributed by atoms with Crippen LogP contribution in [-0.4, -0.2) is 36.6 Å². The molecule has 1 aromatic rings. The summed E-state index contributed by atoms with van der Waals surface area (Å²) in [5.74, 6) is -0.0228. The molecule has 2 amide bonds. The van der Waals surface area contributed by atoms with Crippen LogP contribution in [0.5, 0.6) is 0 Å². The first-order valence-corrected chi connectivity index (χ1v) is 6.99.